The topological polar surface area (TPSA) is 73.7 Å². The van der Waals surface area contributed by atoms with Crippen molar-refractivity contribution in [2.75, 3.05) is 39.2 Å². The molecule has 30 heavy (non-hydrogen) atoms. The number of thioether (sulfide) groups is 1. The maximum Gasteiger partial charge on any atom is 0.266 e. The lowest BCUT2D eigenvalue weighted by atomic mass is 10.2. The molecule has 1 aromatic heterocycles. The fourth-order valence-electron chi connectivity index (χ4n) is 3.22. The van der Waals surface area contributed by atoms with Gasteiger partial charge in [-0.1, -0.05) is 11.8 Å². The van der Waals surface area contributed by atoms with Crippen LogP contribution in [0.2, 0.25) is 0 Å². The first kappa shape index (κ1) is 21.1. The Balaban J connectivity index is 1.73. The maximum atomic E-state index is 13.4. The van der Waals surface area contributed by atoms with Crippen molar-refractivity contribution < 1.29 is 14.3 Å². The van der Waals surface area contributed by atoms with Crippen molar-refractivity contribution in [3.05, 3.63) is 56.4 Å². The molecule has 1 saturated heterocycles. The van der Waals surface area contributed by atoms with E-state index in [1.807, 2.05) is 30.3 Å². The normalized spacial score (nSPS) is 14.1. The highest BCUT2D eigenvalue weighted by atomic mass is 127. The minimum atomic E-state index is -0.162. The zero-order valence-electron chi connectivity index (χ0n) is 16.3. The smallest absolute Gasteiger partial charge is 0.266 e. The van der Waals surface area contributed by atoms with Gasteiger partial charge in [0.25, 0.3) is 5.56 Å². The number of fused-ring (bicyclic) bond motifs is 1. The van der Waals surface area contributed by atoms with Crippen LogP contribution in [0.15, 0.2) is 52.4 Å². The summed E-state index contributed by atoms with van der Waals surface area (Å²) in [5.41, 5.74) is 1.13. The first-order valence-electron chi connectivity index (χ1n) is 9.42. The zero-order chi connectivity index (χ0) is 21.1. The number of rotatable bonds is 5. The van der Waals surface area contributed by atoms with Gasteiger partial charge >= 0.3 is 0 Å². The Kier molecular flexibility index (Phi) is 6.59. The number of halogens is 1. The van der Waals surface area contributed by atoms with E-state index in [1.165, 1.54) is 11.8 Å². The summed E-state index contributed by atoms with van der Waals surface area (Å²) in [5.74, 6) is 0.923. The molecule has 0 aliphatic carbocycles. The third kappa shape index (κ3) is 4.47. The lowest BCUT2D eigenvalue weighted by Gasteiger charge is -2.26. The number of hydrogen-bond acceptors (Lipinski definition) is 6. The van der Waals surface area contributed by atoms with Crippen LogP contribution in [0, 0.1) is 3.57 Å². The standard InChI is InChI=1S/C21H20IN3O4S/c1-28-16-5-3-15(4-6-16)25-20(27)17-12-14(22)2-7-18(17)23-21(25)30-13-19(26)24-8-10-29-11-9-24/h2-7,12H,8-11,13H2,1H3. The Morgan fingerprint density at radius 3 is 2.63 bits per heavy atom. The summed E-state index contributed by atoms with van der Waals surface area (Å²) < 4.78 is 13.1. The predicted molar refractivity (Wildman–Crippen MR) is 125 cm³/mol. The van der Waals surface area contributed by atoms with E-state index in [4.69, 9.17) is 14.5 Å². The Hall–Kier alpha value is -2.11. The molecule has 0 N–H and O–H groups in total. The van der Waals surface area contributed by atoms with Gasteiger partial charge in [-0.15, -0.1) is 0 Å². The van der Waals surface area contributed by atoms with E-state index < -0.39 is 0 Å². The molecule has 2 aromatic carbocycles. The zero-order valence-corrected chi connectivity index (χ0v) is 19.3. The molecule has 3 aromatic rings. The molecule has 0 bridgehead atoms. The SMILES string of the molecule is COc1ccc(-n2c(SCC(=O)N3CCOCC3)nc3ccc(I)cc3c2=O)cc1. The van der Waals surface area contributed by atoms with Crippen LogP contribution in [0.3, 0.4) is 0 Å². The van der Waals surface area contributed by atoms with Gasteiger partial charge in [0, 0.05) is 16.7 Å². The monoisotopic (exact) mass is 537 g/mol. The highest BCUT2D eigenvalue weighted by Gasteiger charge is 2.19. The summed E-state index contributed by atoms with van der Waals surface area (Å²) in [5, 5.41) is 1.03. The van der Waals surface area contributed by atoms with Crippen LogP contribution in [0.4, 0.5) is 0 Å². The lowest BCUT2D eigenvalue weighted by Crippen LogP contribution is -2.41. The van der Waals surface area contributed by atoms with Crippen molar-refractivity contribution in [1.82, 2.24) is 14.5 Å². The molecule has 0 saturated carbocycles. The molecule has 0 unspecified atom stereocenters. The summed E-state index contributed by atoms with van der Waals surface area (Å²) in [4.78, 5) is 32.5. The number of aromatic nitrogens is 2. The molecule has 0 radical (unpaired) electrons. The second-order valence-corrected chi connectivity index (χ2v) is 8.86. The maximum absolute atomic E-state index is 13.4. The lowest BCUT2D eigenvalue weighted by molar-refractivity contribution is -0.132. The Bertz CT molecular complexity index is 1130. The van der Waals surface area contributed by atoms with Gasteiger partial charge < -0.3 is 14.4 Å². The van der Waals surface area contributed by atoms with E-state index in [9.17, 15) is 9.59 Å². The number of carbonyl (C=O) groups is 1. The Morgan fingerprint density at radius 2 is 1.93 bits per heavy atom. The molecule has 1 aliphatic rings. The molecule has 1 aliphatic heterocycles. The van der Waals surface area contributed by atoms with Crippen molar-refractivity contribution >= 4 is 51.2 Å². The summed E-state index contributed by atoms with van der Waals surface area (Å²) in [6.45, 7) is 2.29. The van der Waals surface area contributed by atoms with Gasteiger partial charge in [0.2, 0.25) is 5.91 Å². The van der Waals surface area contributed by atoms with Gasteiger partial charge in [-0.25, -0.2) is 4.98 Å². The first-order chi connectivity index (χ1) is 14.6. The van der Waals surface area contributed by atoms with Crippen molar-refractivity contribution in [3.63, 3.8) is 0 Å². The predicted octanol–water partition coefficient (Wildman–Crippen LogP) is 2.95. The van der Waals surface area contributed by atoms with Gasteiger partial charge in [-0.3, -0.25) is 14.2 Å². The summed E-state index contributed by atoms with van der Waals surface area (Å²) >= 11 is 3.45. The highest BCUT2D eigenvalue weighted by molar-refractivity contribution is 14.1. The van der Waals surface area contributed by atoms with Crippen molar-refractivity contribution in [2.45, 2.75) is 5.16 Å². The molecular weight excluding hydrogens is 517 g/mol. The fourth-order valence-corrected chi connectivity index (χ4v) is 4.63. The van der Waals surface area contributed by atoms with Crippen LogP contribution < -0.4 is 10.3 Å². The Labute approximate surface area is 191 Å². The van der Waals surface area contributed by atoms with Gasteiger partial charge in [-0.05, 0) is 65.1 Å². The third-order valence-electron chi connectivity index (χ3n) is 4.82. The van der Waals surface area contributed by atoms with Gasteiger partial charge in [0.15, 0.2) is 5.16 Å². The van der Waals surface area contributed by atoms with Crippen molar-refractivity contribution in [1.29, 1.82) is 0 Å². The van der Waals surface area contributed by atoms with Gasteiger partial charge in [-0.2, -0.15) is 0 Å². The number of methoxy groups -OCH3 is 1. The van der Waals surface area contributed by atoms with Crippen LogP contribution in [0.5, 0.6) is 5.75 Å². The third-order valence-corrected chi connectivity index (χ3v) is 6.41. The quantitative estimate of drug-likeness (QED) is 0.283. The number of hydrogen-bond donors (Lipinski definition) is 0. The Morgan fingerprint density at radius 1 is 1.20 bits per heavy atom. The number of ether oxygens (including phenoxy) is 2. The second-order valence-electron chi connectivity index (χ2n) is 6.68. The number of benzene rings is 2. The van der Waals surface area contributed by atoms with E-state index in [2.05, 4.69) is 22.6 Å². The molecule has 0 spiro atoms. The van der Waals surface area contributed by atoms with E-state index in [-0.39, 0.29) is 17.2 Å². The van der Waals surface area contributed by atoms with Crippen LogP contribution in [0.25, 0.3) is 16.6 Å². The summed E-state index contributed by atoms with van der Waals surface area (Å²) in [6.07, 6.45) is 0. The molecule has 9 heteroatoms. The number of amides is 1. The molecular formula is C21H20IN3O4S. The van der Waals surface area contributed by atoms with E-state index in [1.54, 1.807) is 28.7 Å². The average Bonchev–Trinajstić information content (AvgIpc) is 2.79. The van der Waals surface area contributed by atoms with Gasteiger partial charge in [0.05, 0.1) is 42.7 Å². The van der Waals surface area contributed by atoms with Crippen molar-refractivity contribution in [3.8, 4) is 11.4 Å². The number of nitrogens with zero attached hydrogens (tertiary/aromatic N) is 3. The van der Waals surface area contributed by atoms with Crippen LogP contribution in [0.1, 0.15) is 0 Å². The minimum absolute atomic E-state index is 0.0153. The van der Waals surface area contributed by atoms with E-state index in [0.29, 0.717) is 53.8 Å². The molecule has 1 fully saturated rings. The minimum Gasteiger partial charge on any atom is -0.497 e. The molecule has 1 amide bonds. The van der Waals surface area contributed by atoms with E-state index >= 15 is 0 Å². The first-order valence-corrected chi connectivity index (χ1v) is 11.5. The molecule has 7 nitrogen and oxygen atoms in total. The fraction of sp³-hybridized carbons (Fsp3) is 0.286. The number of carbonyl (C=O) groups excluding carboxylic acids is 1. The van der Waals surface area contributed by atoms with Crippen molar-refractivity contribution in [2.24, 2.45) is 0 Å². The van der Waals surface area contributed by atoms with E-state index in [0.717, 1.165) is 3.57 Å². The molecule has 4 rings (SSSR count). The van der Waals surface area contributed by atoms with Gasteiger partial charge in [0.1, 0.15) is 5.75 Å². The highest BCUT2D eigenvalue weighted by Crippen LogP contribution is 2.24. The average molecular weight is 537 g/mol. The number of morpholine rings is 1. The van der Waals surface area contributed by atoms with Crippen LogP contribution in [-0.2, 0) is 9.53 Å². The molecule has 156 valence electrons. The molecule has 0 atom stereocenters. The molecule has 2 heterocycles. The summed E-state index contributed by atoms with van der Waals surface area (Å²) in [6, 6.07) is 12.8. The second kappa shape index (κ2) is 9.36. The van der Waals surface area contributed by atoms with Crippen LogP contribution >= 0.6 is 34.4 Å². The van der Waals surface area contributed by atoms with Crippen LogP contribution in [-0.4, -0.2) is 59.5 Å². The summed E-state index contributed by atoms with van der Waals surface area (Å²) in [7, 11) is 1.60. The largest absolute Gasteiger partial charge is 0.497 e.